The number of urea groups is 1. The number of nitrogens with one attached hydrogen (secondary N) is 2. The molecule has 0 aliphatic carbocycles. The average Bonchev–Trinajstić information content (AvgIpc) is 3.12. The van der Waals surface area contributed by atoms with Crippen molar-refractivity contribution >= 4 is 6.03 Å². The van der Waals surface area contributed by atoms with Crippen LogP contribution in [0.1, 0.15) is 23.3 Å². The molecule has 27 heavy (non-hydrogen) atoms. The summed E-state index contributed by atoms with van der Waals surface area (Å²) in [6.45, 7) is 3.60. The fourth-order valence-electron chi connectivity index (χ4n) is 3.44. The van der Waals surface area contributed by atoms with Crippen LogP contribution in [-0.2, 0) is 0 Å². The van der Waals surface area contributed by atoms with E-state index < -0.39 is 12.2 Å². The van der Waals surface area contributed by atoms with Crippen LogP contribution in [-0.4, -0.2) is 60.4 Å². The Bertz CT molecular complexity index is 664. The predicted octanol–water partition coefficient (Wildman–Crippen LogP) is 0.364. The van der Waals surface area contributed by atoms with Crippen molar-refractivity contribution in [3.05, 3.63) is 71.8 Å². The highest BCUT2D eigenvalue weighted by Gasteiger charge is 2.25. The molecule has 0 unspecified atom stereocenters. The Morgan fingerprint density at radius 3 is 1.89 bits per heavy atom. The number of benzene rings is 2. The van der Waals surface area contributed by atoms with Gasteiger partial charge in [0.1, 0.15) is 25.3 Å². The molecule has 4 N–H and O–H groups in total. The van der Waals surface area contributed by atoms with Crippen LogP contribution in [0.2, 0.25) is 0 Å². The van der Waals surface area contributed by atoms with Crippen molar-refractivity contribution in [3.63, 3.8) is 0 Å². The first-order valence-electron chi connectivity index (χ1n) is 9.46. The van der Waals surface area contributed by atoms with E-state index in [1.165, 1.54) is 0 Å². The number of quaternary nitrogens is 1. The molecule has 0 aromatic heterocycles. The zero-order valence-electron chi connectivity index (χ0n) is 15.4. The third-order valence-electron chi connectivity index (χ3n) is 5.01. The monoisotopic (exact) mass is 370 g/mol. The van der Waals surface area contributed by atoms with Gasteiger partial charge < -0.3 is 25.3 Å². The zero-order valence-corrected chi connectivity index (χ0v) is 15.4. The van der Waals surface area contributed by atoms with Gasteiger partial charge in [-0.3, -0.25) is 0 Å². The number of hydrogen-bond acceptors (Lipinski definition) is 3. The number of aliphatic hydroxyl groups is 2. The summed E-state index contributed by atoms with van der Waals surface area (Å²) in [4.78, 5) is 14.6. The van der Waals surface area contributed by atoms with Crippen LogP contribution in [0.5, 0.6) is 0 Å². The lowest BCUT2D eigenvalue weighted by Crippen LogP contribution is -3.13. The van der Waals surface area contributed by atoms with Crippen LogP contribution in [0.4, 0.5) is 4.79 Å². The average molecular weight is 370 g/mol. The molecule has 0 saturated carbocycles. The molecule has 144 valence electrons. The van der Waals surface area contributed by atoms with Crippen LogP contribution in [0.3, 0.4) is 0 Å². The quantitative estimate of drug-likeness (QED) is 0.515. The third-order valence-corrected chi connectivity index (χ3v) is 5.01. The van der Waals surface area contributed by atoms with Gasteiger partial charge in [0.05, 0.1) is 13.1 Å². The second-order valence-electron chi connectivity index (χ2n) is 6.98. The molecule has 2 aromatic rings. The van der Waals surface area contributed by atoms with Crippen LogP contribution >= 0.6 is 0 Å². The van der Waals surface area contributed by atoms with Crippen molar-refractivity contribution in [2.24, 2.45) is 0 Å². The van der Waals surface area contributed by atoms with E-state index in [4.69, 9.17) is 0 Å². The van der Waals surface area contributed by atoms with Crippen molar-refractivity contribution in [3.8, 4) is 0 Å². The van der Waals surface area contributed by atoms with Crippen LogP contribution in [0.25, 0.3) is 0 Å². The lowest BCUT2D eigenvalue weighted by Gasteiger charge is -2.26. The third kappa shape index (κ3) is 5.53. The van der Waals surface area contributed by atoms with Gasteiger partial charge in [-0.05, 0) is 11.1 Å². The summed E-state index contributed by atoms with van der Waals surface area (Å²) < 4.78 is 0. The zero-order chi connectivity index (χ0) is 19.1. The van der Waals surface area contributed by atoms with Crippen LogP contribution < -0.4 is 10.2 Å². The first-order valence-corrected chi connectivity index (χ1v) is 9.46. The van der Waals surface area contributed by atoms with Crippen molar-refractivity contribution in [2.45, 2.75) is 12.2 Å². The summed E-state index contributed by atoms with van der Waals surface area (Å²) >= 11 is 0. The number of amides is 2. The van der Waals surface area contributed by atoms with E-state index in [1.807, 2.05) is 60.7 Å². The van der Waals surface area contributed by atoms with Crippen molar-refractivity contribution < 1.29 is 19.9 Å². The Balaban J connectivity index is 1.64. The number of hydrogen-bond donors (Lipinski definition) is 4. The van der Waals surface area contributed by atoms with E-state index >= 15 is 0 Å². The van der Waals surface area contributed by atoms with Crippen molar-refractivity contribution in [1.82, 2.24) is 10.2 Å². The number of carbonyl (C=O) groups is 1. The summed E-state index contributed by atoms with van der Waals surface area (Å²) in [5.41, 5.74) is 1.73. The van der Waals surface area contributed by atoms with E-state index in [2.05, 4.69) is 5.32 Å². The van der Waals surface area contributed by atoms with Gasteiger partial charge in [-0.1, -0.05) is 60.7 Å². The van der Waals surface area contributed by atoms with Gasteiger partial charge in [-0.2, -0.15) is 0 Å². The SMILES string of the molecule is O=C1NCCN1CC[NH+](C[C@@H](O)c1ccccc1)C[C@@H](O)c1ccccc1. The molecule has 0 bridgehead atoms. The minimum Gasteiger partial charge on any atom is -0.382 e. The lowest BCUT2D eigenvalue weighted by molar-refractivity contribution is -0.907. The smallest absolute Gasteiger partial charge is 0.317 e. The molecule has 0 radical (unpaired) electrons. The van der Waals surface area contributed by atoms with E-state index in [-0.39, 0.29) is 6.03 Å². The molecular weight excluding hydrogens is 342 g/mol. The Labute approximate surface area is 160 Å². The summed E-state index contributed by atoms with van der Waals surface area (Å²) in [6, 6.07) is 19.1. The topological polar surface area (TPSA) is 77.2 Å². The first kappa shape index (κ1) is 19.4. The minimum absolute atomic E-state index is 0.0402. The van der Waals surface area contributed by atoms with Gasteiger partial charge in [-0.25, -0.2) is 4.79 Å². The predicted molar refractivity (Wildman–Crippen MR) is 103 cm³/mol. The maximum Gasteiger partial charge on any atom is 0.317 e. The molecule has 2 aromatic carbocycles. The Morgan fingerprint density at radius 1 is 0.926 bits per heavy atom. The largest absolute Gasteiger partial charge is 0.382 e. The second-order valence-corrected chi connectivity index (χ2v) is 6.98. The summed E-state index contributed by atoms with van der Waals surface area (Å²) in [7, 11) is 0. The highest BCUT2D eigenvalue weighted by molar-refractivity contribution is 5.76. The van der Waals surface area contributed by atoms with E-state index in [1.54, 1.807) is 4.90 Å². The summed E-state index contributed by atoms with van der Waals surface area (Å²) in [5.74, 6) is 0. The lowest BCUT2D eigenvalue weighted by atomic mass is 10.1. The molecular formula is C21H28N3O3+. The molecule has 2 amide bonds. The van der Waals surface area contributed by atoms with Gasteiger partial charge >= 0.3 is 6.03 Å². The van der Waals surface area contributed by atoms with E-state index in [0.29, 0.717) is 39.3 Å². The second kappa shape index (κ2) is 9.50. The molecule has 1 fully saturated rings. The molecule has 6 heteroatoms. The van der Waals surface area contributed by atoms with E-state index in [0.717, 1.165) is 16.0 Å². The number of nitrogens with zero attached hydrogens (tertiary/aromatic N) is 1. The number of carbonyl (C=O) groups excluding carboxylic acids is 1. The van der Waals surface area contributed by atoms with E-state index in [9.17, 15) is 15.0 Å². The highest BCUT2D eigenvalue weighted by Crippen LogP contribution is 2.12. The van der Waals surface area contributed by atoms with Crippen molar-refractivity contribution in [2.75, 3.05) is 39.3 Å². The Hall–Kier alpha value is -2.41. The van der Waals surface area contributed by atoms with Gasteiger partial charge in [0.25, 0.3) is 0 Å². The van der Waals surface area contributed by atoms with Crippen molar-refractivity contribution in [1.29, 1.82) is 0 Å². The van der Waals surface area contributed by atoms with Gasteiger partial charge in [-0.15, -0.1) is 0 Å². The maximum atomic E-state index is 11.8. The minimum atomic E-state index is -0.614. The maximum absolute atomic E-state index is 11.8. The molecule has 0 spiro atoms. The van der Waals surface area contributed by atoms with Gasteiger partial charge in [0.2, 0.25) is 0 Å². The number of rotatable bonds is 9. The Morgan fingerprint density at radius 2 is 1.44 bits per heavy atom. The normalized spacial score (nSPS) is 16.4. The molecule has 6 nitrogen and oxygen atoms in total. The molecule has 1 heterocycles. The van der Waals surface area contributed by atoms with Crippen LogP contribution in [0.15, 0.2) is 60.7 Å². The Kier molecular flexibility index (Phi) is 6.81. The molecule has 3 rings (SSSR count). The highest BCUT2D eigenvalue weighted by atomic mass is 16.3. The fraction of sp³-hybridized carbons (Fsp3) is 0.381. The standard InChI is InChI=1S/C21H27N3O3/c25-19(17-7-3-1-4-8-17)15-23(13-14-24-12-11-22-21(24)27)16-20(26)18-9-5-2-6-10-18/h1-10,19-20,25-26H,11-16H2,(H,22,27)/p+1/t19-,20-/m1/s1. The molecule has 1 aliphatic heterocycles. The van der Waals surface area contributed by atoms with Gasteiger partial charge in [0.15, 0.2) is 0 Å². The number of aliphatic hydroxyl groups excluding tert-OH is 2. The molecule has 1 aliphatic rings. The summed E-state index contributed by atoms with van der Waals surface area (Å²) in [5, 5.41) is 24.1. The first-order chi connectivity index (χ1) is 13.1. The summed E-state index contributed by atoms with van der Waals surface area (Å²) in [6.07, 6.45) is -1.23. The van der Waals surface area contributed by atoms with Crippen LogP contribution in [0, 0.1) is 0 Å². The molecule has 2 atom stereocenters. The van der Waals surface area contributed by atoms with Gasteiger partial charge in [0, 0.05) is 13.1 Å². The fourth-order valence-corrected chi connectivity index (χ4v) is 3.44. The molecule has 1 saturated heterocycles.